The Morgan fingerprint density at radius 1 is 1.04 bits per heavy atom. The molecule has 10 heteroatoms. The molecular formula is C15H19BrN2O4S3. The lowest BCUT2D eigenvalue weighted by atomic mass is 10.1. The van der Waals surface area contributed by atoms with Crippen LogP contribution in [0.3, 0.4) is 0 Å². The maximum Gasteiger partial charge on any atom is 0.250 e. The lowest BCUT2D eigenvalue weighted by Crippen LogP contribution is -2.31. The quantitative estimate of drug-likeness (QED) is 0.625. The van der Waals surface area contributed by atoms with Crippen molar-refractivity contribution < 1.29 is 16.8 Å². The van der Waals surface area contributed by atoms with E-state index < -0.39 is 20.0 Å². The van der Waals surface area contributed by atoms with Crippen molar-refractivity contribution in [3.05, 3.63) is 51.3 Å². The summed E-state index contributed by atoms with van der Waals surface area (Å²) in [6, 6.07) is 9.86. The molecule has 0 radical (unpaired) electrons. The van der Waals surface area contributed by atoms with Crippen LogP contribution in [0.1, 0.15) is 25.0 Å². The van der Waals surface area contributed by atoms with Crippen molar-refractivity contribution in [1.82, 2.24) is 9.44 Å². The van der Waals surface area contributed by atoms with Gasteiger partial charge in [0.2, 0.25) is 20.0 Å². The number of thiophene rings is 1. The van der Waals surface area contributed by atoms with Crippen molar-refractivity contribution in [1.29, 1.82) is 0 Å². The molecule has 1 heterocycles. The second kappa shape index (κ2) is 8.28. The van der Waals surface area contributed by atoms with E-state index in [-0.39, 0.29) is 22.5 Å². The number of sulfonamides is 2. The molecule has 25 heavy (non-hydrogen) atoms. The fraction of sp³-hybridized carbons (Fsp3) is 0.333. The molecule has 0 atom stereocenters. The minimum Gasteiger partial charge on any atom is -0.212 e. The summed E-state index contributed by atoms with van der Waals surface area (Å²) in [4.78, 5) is 0. The molecular weight excluding hydrogens is 448 g/mol. The molecule has 2 N–H and O–H groups in total. The summed E-state index contributed by atoms with van der Waals surface area (Å²) in [5.41, 5.74) is 1.18. The van der Waals surface area contributed by atoms with E-state index in [1.807, 2.05) is 0 Å². The first-order valence-corrected chi connectivity index (χ1v) is 12.2. The van der Waals surface area contributed by atoms with Gasteiger partial charge in [-0.25, -0.2) is 26.3 Å². The Hall–Kier alpha value is -0.780. The van der Waals surface area contributed by atoms with Crippen molar-refractivity contribution in [3.63, 3.8) is 0 Å². The van der Waals surface area contributed by atoms with E-state index in [2.05, 4.69) is 25.4 Å². The summed E-state index contributed by atoms with van der Waals surface area (Å²) in [5, 5.41) is 0. The number of nitrogens with one attached hydrogen (secondary N) is 2. The zero-order valence-corrected chi connectivity index (χ0v) is 17.7. The minimum absolute atomic E-state index is 0.0191. The minimum atomic E-state index is -3.64. The molecule has 6 nitrogen and oxygen atoms in total. The van der Waals surface area contributed by atoms with E-state index in [0.717, 1.165) is 15.1 Å². The van der Waals surface area contributed by atoms with Crippen LogP contribution in [0.25, 0.3) is 0 Å². The summed E-state index contributed by atoms with van der Waals surface area (Å²) < 4.78 is 54.9. The Morgan fingerprint density at radius 2 is 1.68 bits per heavy atom. The Labute approximate surface area is 160 Å². The Bertz CT molecular complexity index is 937. The van der Waals surface area contributed by atoms with Crippen LogP contribution in [-0.2, 0) is 32.3 Å². The highest BCUT2D eigenvalue weighted by Crippen LogP contribution is 2.26. The van der Waals surface area contributed by atoms with Crippen LogP contribution in [-0.4, -0.2) is 22.9 Å². The van der Waals surface area contributed by atoms with Gasteiger partial charge in [0.1, 0.15) is 4.21 Å². The van der Waals surface area contributed by atoms with Crippen LogP contribution in [0, 0.1) is 0 Å². The van der Waals surface area contributed by atoms with Crippen LogP contribution in [0.4, 0.5) is 0 Å². The first-order valence-electron chi connectivity index (χ1n) is 7.41. The second-order valence-electron chi connectivity index (χ2n) is 5.68. The van der Waals surface area contributed by atoms with Gasteiger partial charge in [-0.2, -0.15) is 0 Å². The van der Waals surface area contributed by atoms with Crippen molar-refractivity contribution in [2.24, 2.45) is 0 Å². The van der Waals surface area contributed by atoms with Gasteiger partial charge in [0.05, 0.1) is 9.54 Å². The Morgan fingerprint density at radius 3 is 2.24 bits per heavy atom. The largest absolute Gasteiger partial charge is 0.250 e. The summed E-state index contributed by atoms with van der Waals surface area (Å²) in [5.74, 6) is -0.201. The average Bonchev–Trinajstić information content (AvgIpc) is 2.92. The molecule has 0 unspecified atom stereocenters. The number of halogens is 1. The van der Waals surface area contributed by atoms with Gasteiger partial charge < -0.3 is 0 Å². The van der Waals surface area contributed by atoms with Gasteiger partial charge in [0, 0.05) is 12.6 Å². The Kier molecular flexibility index (Phi) is 6.80. The lowest BCUT2D eigenvalue weighted by molar-refractivity contribution is 0.568. The smallest absolute Gasteiger partial charge is 0.212 e. The molecule has 1 aromatic carbocycles. The highest BCUT2D eigenvalue weighted by Gasteiger charge is 2.19. The molecule has 0 bridgehead atoms. The standard InChI is InChI=1S/C15H19BrN2O4S3/c1-11(2)18-24(19,20)10-13-6-4-3-5-12(13)9-17-25(21,22)15-8-7-14(16)23-15/h3-8,11,17-18H,9-10H2,1-2H3. The summed E-state index contributed by atoms with van der Waals surface area (Å²) in [6.07, 6.45) is 0. The van der Waals surface area contributed by atoms with Crippen LogP contribution in [0.15, 0.2) is 44.4 Å². The third kappa shape index (κ3) is 6.15. The fourth-order valence-electron chi connectivity index (χ4n) is 2.16. The number of benzene rings is 1. The molecule has 138 valence electrons. The summed E-state index contributed by atoms with van der Waals surface area (Å²) >= 11 is 4.35. The molecule has 2 rings (SSSR count). The number of hydrogen-bond donors (Lipinski definition) is 2. The zero-order valence-electron chi connectivity index (χ0n) is 13.7. The van der Waals surface area contributed by atoms with Crippen LogP contribution >= 0.6 is 27.3 Å². The van der Waals surface area contributed by atoms with E-state index in [0.29, 0.717) is 11.1 Å². The lowest BCUT2D eigenvalue weighted by Gasteiger charge is -2.13. The fourth-order valence-corrected chi connectivity index (χ4v) is 6.72. The van der Waals surface area contributed by atoms with Gasteiger partial charge in [0.25, 0.3) is 0 Å². The van der Waals surface area contributed by atoms with E-state index in [1.54, 1.807) is 44.2 Å². The predicted molar refractivity (Wildman–Crippen MR) is 103 cm³/mol. The zero-order chi connectivity index (χ0) is 18.7. The van der Waals surface area contributed by atoms with E-state index >= 15 is 0 Å². The highest BCUT2D eigenvalue weighted by atomic mass is 79.9. The van der Waals surface area contributed by atoms with Crippen LogP contribution < -0.4 is 9.44 Å². The van der Waals surface area contributed by atoms with Crippen molar-refractivity contribution >= 4 is 47.3 Å². The molecule has 0 amide bonds. The third-order valence-corrected chi connectivity index (χ3v) is 8.18. The van der Waals surface area contributed by atoms with Gasteiger partial charge >= 0.3 is 0 Å². The maximum atomic E-state index is 12.3. The second-order valence-corrected chi connectivity index (χ2v) is 11.9. The molecule has 0 saturated heterocycles. The molecule has 0 aliphatic carbocycles. The van der Waals surface area contributed by atoms with Gasteiger partial charge in [0.15, 0.2) is 0 Å². The normalized spacial score (nSPS) is 12.6. The highest BCUT2D eigenvalue weighted by molar-refractivity contribution is 9.11. The molecule has 0 aliphatic heterocycles. The van der Waals surface area contributed by atoms with E-state index in [4.69, 9.17) is 0 Å². The first-order chi connectivity index (χ1) is 11.6. The van der Waals surface area contributed by atoms with E-state index in [9.17, 15) is 16.8 Å². The van der Waals surface area contributed by atoms with Gasteiger partial charge in [-0.1, -0.05) is 24.3 Å². The predicted octanol–water partition coefficient (Wildman–Crippen LogP) is 2.82. The van der Waals surface area contributed by atoms with Gasteiger partial charge in [-0.05, 0) is 53.0 Å². The molecule has 1 aromatic heterocycles. The Balaban J connectivity index is 2.16. The van der Waals surface area contributed by atoms with E-state index in [1.165, 1.54) is 6.07 Å². The average molecular weight is 467 g/mol. The monoisotopic (exact) mass is 466 g/mol. The topological polar surface area (TPSA) is 92.3 Å². The van der Waals surface area contributed by atoms with Crippen LogP contribution in [0.5, 0.6) is 0 Å². The number of hydrogen-bond acceptors (Lipinski definition) is 5. The SMILES string of the molecule is CC(C)NS(=O)(=O)Cc1ccccc1CNS(=O)(=O)c1ccc(Br)s1. The third-order valence-electron chi connectivity index (χ3n) is 3.15. The van der Waals surface area contributed by atoms with Crippen molar-refractivity contribution in [2.75, 3.05) is 0 Å². The molecule has 0 saturated carbocycles. The van der Waals surface area contributed by atoms with Crippen LogP contribution in [0.2, 0.25) is 0 Å². The van der Waals surface area contributed by atoms with Crippen molar-refractivity contribution in [2.45, 2.75) is 36.4 Å². The number of rotatable bonds is 8. The maximum absolute atomic E-state index is 12.3. The van der Waals surface area contributed by atoms with Gasteiger partial charge in [-0.15, -0.1) is 11.3 Å². The summed E-state index contributed by atoms with van der Waals surface area (Å²) in [7, 11) is -7.13. The molecule has 0 fully saturated rings. The summed E-state index contributed by atoms with van der Waals surface area (Å²) in [6.45, 7) is 3.51. The van der Waals surface area contributed by atoms with Gasteiger partial charge in [-0.3, -0.25) is 0 Å². The van der Waals surface area contributed by atoms with Crippen molar-refractivity contribution in [3.8, 4) is 0 Å². The first kappa shape index (κ1) is 20.5. The molecule has 0 aliphatic rings. The molecule has 2 aromatic rings. The molecule has 0 spiro atoms.